The monoisotopic (exact) mass is 368 g/mol. The summed E-state index contributed by atoms with van der Waals surface area (Å²) in [7, 11) is 0. The molecule has 0 saturated carbocycles. The van der Waals surface area contributed by atoms with Crippen molar-refractivity contribution < 1.29 is 9.53 Å². The van der Waals surface area contributed by atoms with Gasteiger partial charge in [0.25, 0.3) is 5.91 Å². The molecule has 0 saturated heterocycles. The van der Waals surface area contributed by atoms with Gasteiger partial charge in [0.05, 0.1) is 18.8 Å². The van der Waals surface area contributed by atoms with Gasteiger partial charge in [-0.05, 0) is 23.3 Å². The molecular formula is C19H17ClN4O2. The zero-order chi connectivity index (χ0) is 17.9. The summed E-state index contributed by atoms with van der Waals surface area (Å²) in [6, 6.07) is 17.3. The first-order chi connectivity index (χ1) is 12.7. The molecule has 0 aliphatic carbocycles. The van der Waals surface area contributed by atoms with Gasteiger partial charge in [0.1, 0.15) is 6.10 Å². The Kier molecular flexibility index (Phi) is 4.69. The van der Waals surface area contributed by atoms with Crippen molar-refractivity contribution in [3.63, 3.8) is 0 Å². The van der Waals surface area contributed by atoms with Gasteiger partial charge in [-0.1, -0.05) is 59.3 Å². The molecule has 1 aliphatic heterocycles. The van der Waals surface area contributed by atoms with Gasteiger partial charge < -0.3 is 10.1 Å². The number of halogens is 1. The van der Waals surface area contributed by atoms with Crippen LogP contribution in [0.4, 0.5) is 0 Å². The van der Waals surface area contributed by atoms with Crippen LogP contribution in [-0.2, 0) is 24.4 Å². The highest BCUT2D eigenvalue weighted by Crippen LogP contribution is 2.27. The van der Waals surface area contributed by atoms with Crippen molar-refractivity contribution in [2.75, 3.05) is 0 Å². The number of amides is 1. The highest BCUT2D eigenvalue weighted by molar-refractivity contribution is 6.30. The predicted molar refractivity (Wildman–Crippen MR) is 96.6 cm³/mol. The number of aromatic nitrogens is 3. The molecule has 1 atom stereocenters. The van der Waals surface area contributed by atoms with Crippen molar-refractivity contribution >= 4 is 17.5 Å². The fourth-order valence-electron chi connectivity index (χ4n) is 2.93. The second-order valence-corrected chi connectivity index (χ2v) is 6.52. The second kappa shape index (κ2) is 7.27. The number of rotatable bonds is 4. The van der Waals surface area contributed by atoms with E-state index in [1.165, 1.54) is 0 Å². The van der Waals surface area contributed by atoms with E-state index in [1.54, 1.807) is 4.68 Å². The molecule has 6 nitrogen and oxygen atoms in total. The highest BCUT2D eigenvalue weighted by Gasteiger charge is 2.27. The number of hydrogen-bond donors (Lipinski definition) is 1. The maximum atomic E-state index is 12.4. The molecule has 0 bridgehead atoms. The van der Waals surface area contributed by atoms with Crippen LogP contribution in [-0.4, -0.2) is 20.9 Å². The third-order valence-electron chi connectivity index (χ3n) is 4.35. The number of ether oxygens (including phenoxy) is 1. The summed E-state index contributed by atoms with van der Waals surface area (Å²) in [5, 5.41) is 11.7. The minimum Gasteiger partial charge on any atom is -0.365 e. The van der Waals surface area contributed by atoms with Crippen molar-refractivity contribution in [1.29, 1.82) is 0 Å². The summed E-state index contributed by atoms with van der Waals surface area (Å²) in [5.74, 6) is -0.247. The van der Waals surface area contributed by atoms with Gasteiger partial charge in [0.2, 0.25) is 0 Å². The SMILES string of the molecule is O=C(NCc1ccccc1)c1nnn2c1CO[C@@H](c1ccc(Cl)cc1)C2. The van der Waals surface area contributed by atoms with E-state index in [9.17, 15) is 4.79 Å². The van der Waals surface area contributed by atoms with Crippen LogP contribution in [0.2, 0.25) is 5.02 Å². The van der Waals surface area contributed by atoms with Crippen LogP contribution in [0, 0.1) is 0 Å². The molecule has 0 unspecified atom stereocenters. The van der Waals surface area contributed by atoms with E-state index in [1.807, 2.05) is 54.6 Å². The largest absolute Gasteiger partial charge is 0.365 e. The summed E-state index contributed by atoms with van der Waals surface area (Å²) >= 11 is 5.93. The number of fused-ring (bicyclic) bond motifs is 1. The minimum absolute atomic E-state index is 0.137. The summed E-state index contributed by atoms with van der Waals surface area (Å²) in [4.78, 5) is 12.4. The van der Waals surface area contributed by atoms with Crippen LogP contribution < -0.4 is 5.32 Å². The predicted octanol–water partition coefficient (Wildman–Crippen LogP) is 3.13. The Bertz CT molecular complexity index is 909. The van der Waals surface area contributed by atoms with E-state index in [4.69, 9.17) is 16.3 Å². The fraction of sp³-hybridized carbons (Fsp3) is 0.211. The molecule has 0 fully saturated rings. The molecule has 0 spiro atoms. The van der Waals surface area contributed by atoms with E-state index in [0.29, 0.717) is 29.5 Å². The standard InChI is InChI=1S/C19H17ClN4O2/c20-15-8-6-14(7-9-15)17-11-24-16(12-26-17)18(22-23-24)19(25)21-10-13-4-2-1-3-5-13/h1-9,17H,10-12H2,(H,21,25)/t17-/m1/s1. The smallest absolute Gasteiger partial charge is 0.274 e. The maximum absolute atomic E-state index is 12.4. The lowest BCUT2D eigenvalue weighted by Crippen LogP contribution is -2.27. The molecule has 7 heteroatoms. The lowest BCUT2D eigenvalue weighted by atomic mass is 10.1. The normalized spacial score (nSPS) is 16.1. The third kappa shape index (κ3) is 3.47. The summed E-state index contributed by atoms with van der Waals surface area (Å²) in [6.45, 7) is 1.24. The van der Waals surface area contributed by atoms with Crippen LogP contribution in [0.15, 0.2) is 54.6 Å². The molecular weight excluding hydrogens is 352 g/mol. The number of carbonyl (C=O) groups is 1. The lowest BCUT2D eigenvalue weighted by molar-refractivity contribution is -0.00176. The van der Waals surface area contributed by atoms with Crippen LogP contribution in [0.5, 0.6) is 0 Å². The second-order valence-electron chi connectivity index (χ2n) is 6.09. The van der Waals surface area contributed by atoms with Gasteiger partial charge in [0.15, 0.2) is 5.69 Å². The molecule has 1 aromatic heterocycles. The summed E-state index contributed by atoms with van der Waals surface area (Å²) < 4.78 is 7.65. The summed E-state index contributed by atoms with van der Waals surface area (Å²) in [6.07, 6.45) is -0.137. The molecule has 0 radical (unpaired) electrons. The Morgan fingerprint density at radius 1 is 1.19 bits per heavy atom. The van der Waals surface area contributed by atoms with E-state index < -0.39 is 0 Å². The zero-order valence-corrected chi connectivity index (χ0v) is 14.7. The Balaban J connectivity index is 1.45. The van der Waals surface area contributed by atoms with Crippen molar-refractivity contribution in [1.82, 2.24) is 20.3 Å². The van der Waals surface area contributed by atoms with Crippen molar-refractivity contribution in [2.24, 2.45) is 0 Å². The van der Waals surface area contributed by atoms with E-state index in [0.717, 1.165) is 11.1 Å². The van der Waals surface area contributed by atoms with E-state index in [-0.39, 0.29) is 18.6 Å². The van der Waals surface area contributed by atoms with Gasteiger partial charge in [-0.25, -0.2) is 4.68 Å². The molecule has 1 N–H and O–H groups in total. The number of nitrogens with one attached hydrogen (secondary N) is 1. The van der Waals surface area contributed by atoms with Crippen LogP contribution in [0.25, 0.3) is 0 Å². The first-order valence-corrected chi connectivity index (χ1v) is 8.70. The van der Waals surface area contributed by atoms with Crippen LogP contribution in [0.3, 0.4) is 0 Å². The molecule has 26 heavy (non-hydrogen) atoms. The van der Waals surface area contributed by atoms with E-state index in [2.05, 4.69) is 15.6 Å². The molecule has 132 valence electrons. The minimum atomic E-state index is -0.247. The number of hydrogen-bond acceptors (Lipinski definition) is 4. The first kappa shape index (κ1) is 16.8. The van der Waals surface area contributed by atoms with Crippen molar-refractivity contribution in [2.45, 2.75) is 25.8 Å². The van der Waals surface area contributed by atoms with Crippen LogP contribution >= 0.6 is 11.6 Å². The molecule has 1 amide bonds. The number of benzene rings is 2. The molecule has 1 aliphatic rings. The summed E-state index contributed by atoms with van der Waals surface area (Å²) in [5.41, 5.74) is 3.06. The van der Waals surface area contributed by atoms with Gasteiger partial charge in [-0.15, -0.1) is 5.10 Å². The molecule has 3 aromatic rings. The number of nitrogens with zero attached hydrogens (tertiary/aromatic N) is 3. The highest BCUT2D eigenvalue weighted by atomic mass is 35.5. The first-order valence-electron chi connectivity index (χ1n) is 8.32. The Morgan fingerprint density at radius 2 is 1.96 bits per heavy atom. The molecule has 4 rings (SSSR count). The van der Waals surface area contributed by atoms with Gasteiger partial charge in [-0.3, -0.25) is 4.79 Å². The Hall–Kier alpha value is -2.70. The lowest BCUT2D eigenvalue weighted by Gasteiger charge is -2.24. The Labute approximate surface area is 155 Å². The van der Waals surface area contributed by atoms with Crippen molar-refractivity contribution in [3.05, 3.63) is 82.1 Å². The van der Waals surface area contributed by atoms with Gasteiger partial charge in [0, 0.05) is 11.6 Å². The Morgan fingerprint density at radius 3 is 2.73 bits per heavy atom. The number of carbonyl (C=O) groups excluding carboxylic acids is 1. The zero-order valence-electron chi connectivity index (χ0n) is 13.9. The van der Waals surface area contributed by atoms with Gasteiger partial charge >= 0.3 is 0 Å². The average Bonchev–Trinajstić information content (AvgIpc) is 3.11. The van der Waals surface area contributed by atoms with Gasteiger partial charge in [-0.2, -0.15) is 0 Å². The average molecular weight is 369 g/mol. The van der Waals surface area contributed by atoms with Crippen molar-refractivity contribution in [3.8, 4) is 0 Å². The van der Waals surface area contributed by atoms with E-state index >= 15 is 0 Å². The topological polar surface area (TPSA) is 69.0 Å². The molecule has 2 heterocycles. The fourth-order valence-corrected chi connectivity index (χ4v) is 3.05. The molecule has 2 aromatic carbocycles. The maximum Gasteiger partial charge on any atom is 0.274 e. The van der Waals surface area contributed by atoms with Crippen LogP contribution in [0.1, 0.15) is 33.4 Å². The quantitative estimate of drug-likeness (QED) is 0.768. The third-order valence-corrected chi connectivity index (χ3v) is 4.60.